The minimum absolute atomic E-state index is 0.0526. The molecule has 2 aromatic carbocycles. The molecule has 0 saturated heterocycles. The lowest BCUT2D eigenvalue weighted by molar-refractivity contribution is -0.118. The van der Waals surface area contributed by atoms with Crippen molar-refractivity contribution in [1.29, 1.82) is 0 Å². The molecule has 0 aromatic heterocycles. The molecule has 1 N–H and O–H groups in total. The molecule has 25 heavy (non-hydrogen) atoms. The van der Waals surface area contributed by atoms with Crippen LogP contribution in [-0.2, 0) is 11.2 Å². The predicted molar refractivity (Wildman–Crippen MR) is 106 cm³/mol. The van der Waals surface area contributed by atoms with Crippen molar-refractivity contribution in [2.75, 3.05) is 12.3 Å². The number of thioether (sulfide) groups is 1. The molecule has 0 fully saturated rings. The summed E-state index contributed by atoms with van der Waals surface area (Å²) in [7, 11) is 0. The monoisotopic (exact) mass is 377 g/mol. The summed E-state index contributed by atoms with van der Waals surface area (Å²) < 4.78 is 5.70. The predicted octanol–water partition coefficient (Wildman–Crippen LogP) is 4.97. The van der Waals surface area contributed by atoms with Gasteiger partial charge in [0.25, 0.3) is 0 Å². The second kappa shape index (κ2) is 10.4. The first-order valence-electron chi connectivity index (χ1n) is 8.43. The van der Waals surface area contributed by atoms with E-state index in [-0.39, 0.29) is 12.0 Å². The molecule has 0 atom stereocenters. The minimum Gasteiger partial charge on any atom is -0.491 e. The Morgan fingerprint density at radius 1 is 1.20 bits per heavy atom. The van der Waals surface area contributed by atoms with Crippen LogP contribution in [0, 0.1) is 0 Å². The van der Waals surface area contributed by atoms with E-state index in [0.717, 1.165) is 23.5 Å². The first-order chi connectivity index (χ1) is 12.0. The first-order valence-corrected chi connectivity index (χ1v) is 9.80. The van der Waals surface area contributed by atoms with Crippen LogP contribution in [0.25, 0.3) is 0 Å². The highest BCUT2D eigenvalue weighted by Gasteiger charge is 2.03. The molecule has 0 aliphatic rings. The number of hydrogen-bond donors (Lipinski definition) is 1. The Balaban J connectivity index is 1.65. The molecule has 0 heterocycles. The van der Waals surface area contributed by atoms with Crippen LogP contribution in [0.15, 0.2) is 53.4 Å². The van der Waals surface area contributed by atoms with Crippen molar-refractivity contribution in [2.45, 2.75) is 37.7 Å². The number of aryl methyl sites for hydroxylation is 1. The van der Waals surface area contributed by atoms with E-state index in [2.05, 4.69) is 17.4 Å². The Morgan fingerprint density at radius 2 is 1.96 bits per heavy atom. The number of rotatable bonds is 9. The Labute approximate surface area is 159 Å². The average Bonchev–Trinajstić information content (AvgIpc) is 2.58. The summed E-state index contributed by atoms with van der Waals surface area (Å²) >= 11 is 7.36. The van der Waals surface area contributed by atoms with Gasteiger partial charge in [0.15, 0.2) is 0 Å². The average molecular weight is 378 g/mol. The standard InChI is InChI=1S/C20H24ClNO2S/c1-15(2)24-18-7-3-5-16(13-18)6-4-12-22-20(23)14-25-19-10-8-17(21)9-11-19/h3,5,7-11,13,15H,4,6,12,14H2,1-2H3,(H,22,23). The lowest BCUT2D eigenvalue weighted by Crippen LogP contribution is -2.26. The fraction of sp³-hybridized carbons (Fsp3) is 0.350. The summed E-state index contributed by atoms with van der Waals surface area (Å²) in [6, 6.07) is 15.6. The maximum Gasteiger partial charge on any atom is 0.230 e. The van der Waals surface area contributed by atoms with Crippen LogP contribution in [-0.4, -0.2) is 24.3 Å². The number of amides is 1. The molecular weight excluding hydrogens is 354 g/mol. The molecule has 0 saturated carbocycles. The van der Waals surface area contributed by atoms with Crippen molar-refractivity contribution in [3.63, 3.8) is 0 Å². The second-order valence-corrected chi connectivity index (χ2v) is 7.50. The third-order valence-corrected chi connectivity index (χ3v) is 4.68. The van der Waals surface area contributed by atoms with Crippen LogP contribution in [0.3, 0.4) is 0 Å². The van der Waals surface area contributed by atoms with Crippen molar-refractivity contribution in [2.24, 2.45) is 0 Å². The molecule has 0 aliphatic heterocycles. The van der Waals surface area contributed by atoms with Gasteiger partial charge in [-0.3, -0.25) is 4.79 Å². The fourth-order valence-corrected chi connectivity index (χ4v) is 3.15. The van der Waals surface area contributed by atoms with Crippen molar-refractivity contribution < 1.29 is 9.53 Å². The SMILES string of the molecule is CC(C)Oc1cccc(CCCNC(=O)CSc2ccc(Cl)cc2)c1. The highest BCUT2D eigenvalue weighted by molar-refractivity contribution is 8.00. The molecule has 3 nitrogen and oxygen atoms in total. The Kier molecular flexibility index (Phi) is 8.16. The normalized spacial score (nSPS) is 10.7. The number of ether oxygens (including phenoxy) is 1. The van der Waals surface area contributed by atoms with Crippen LogP contribution in [0.4, 0.5) is 0 Å². The van der Waals surface area contributed by atoms with E-state index in [1.54, 1.807) is 0 Å². The summed E-state index contributed by atoms with van der Waals surface area (Å²) in [6.45, 7) is 4.71. The van der Waals surface area contributed by atoms with Gasteiger partial charge in [-0.05, 0) is 68.7 Å². The highest BCUT2D eigenvalue weighted by Crippen LogP contribution is 2.20. The van der Waals surface area contributed by atoms with Gasteiger partial charge in [0, 0.05) is 16.5 Å². The zero-order valence-electron chi connectivity index (χ0n) is 14.6. The molecule has 134 valence electrons. The molecule has 0 aliphatic carbocycles. The number of halogens is 1. The summed E-state index contributed by atoms with van der Waals surface area (Å²) in [5, 5.41) is 3.67. The molecule has 0 radical (unpaired) electrons. The molecule has 5 heteroatoms. The lowest BCUT2D eigenvalue weighted by atomic mass is 10.1. The first kappa shape index (κ1) is 19.7. The third kappa shape index (κ3) is 7.84. The summed E-state index contributed by atoms with van der Waals surface area (Å²) in [4.78, 5) is 12.9. The number of carbonyl (C=O) groups excluding carboxylic acids is 1. The summed E-state index contributed by atoms with van der Waals surface area (Å²) in [6.07, 6.45) is 2.00. The zero-order valence-corrected chi connectivity index (χ0v) is 16.2. The number of nitrogens with one attached hydrogen (secondary N) is 1. The quantitative estimate of drug-likeness (QED) is 0.495. The minimum atomic E-state index is 0.0526. The Morgan fingerprint density at radius 3 is 2.68 bits per heavy atom. The Hall–Kier alpha value is -1.65. The largest absolute Gasteiger partial charge is 0.491 e. The van der Waals surface area contributed by atoms with Crippen molar-refractivity contribution in [1.82, 2.24) is 5.32 Å². The number of benzene rings is 2. The van der Waals surface area contributed by atoms with Gasteiger partial charge in [-0.15, -0.1) is 11.8 Å². The van der Waals surface area contributed by atoms with Gasteiger partial charge in [0.1, 0.15) is 5.75 Å². The van der Waals surface area contributed by atoms with E-state index in [4.69, 9.17) is 16.3 Å². The van der Waals surface area contributed by atoms with Crippen LogP contribution in [0.1, 0.15) is 25.8 Å². The van der Waals surface area contributed by atoms with Gasteiger partial charge in [-0.1, -0.05) is 23.7 Å². The van der Waals surface area contributed by atoms with Gasteiger partial charge in [0.2, 0.25) is 5.91 Å². The van der Waals surface area contributed by atoms with Crippen LogP contribution in [0.5, 0.6) is 5.75 Å². The van der Waals surface area contributed by atoms with E-state index < -0.39 is 0 Å². The van der Waals surface area contributed by atoms with E-state index >= 15 is 0 Å². The molecular formula is C20H24ClNO2S. The van der Waals surface area contributed by atoms with Gasteiger partial charge in [0.05, 0.1) is 11.9 Å². The van der Waals surface area contributed by atoms with Crippen molar-refractivity contribution in [3.8, 4) is 5.75 Å². The van der Waals surface area contributed by atoms with E-state index in [1.165, 1.54) is 17.3 Å². The van der Waals surface area contributed by atoms with Crippen LogP contribution in [0.2, 0.25) is 5.02 Å². The lowest BCUT2D eigenvalue weighted by Gasteiger charge is -2.11. The Bertz CT molecular complexity index is 674. The van der Waals surface area contributed by atoms with Gasteiger partial charge in [-0.25, -0.2) is 0 Å². The van der Waals surface area contributed by atoms with Crippen LogP contribution < -0.4 is 10.1 Å². The third-order valence-electron chi connectivity index (χ3n) is 3.42. The van der Waals surface area contributed by atoms with Gasteiger partial charge < -0.3 is 10.1 Å². The summed E-state index contributed by atoms with van der Waals surface area (Å²) in [5.74, 6) is 1.37. The number of carbonyl (C=O) groups is 1. The number of hydrogen-bond acceptors (Lipinski definition) is 3. The van der Waals surface area contributed by atoms with Gasteiger partial charge >= 0.3 is 0 Å². The van der Waals surface area contributed by atoms with E-state index in [9.17, 15) is 4.79 Å². The maximum atomic E-state index is 11.9. The summed E-state index contributed by atoms with van der Waals surface area (Å²) in [5.41, 5.74) is 1.22. The molecule has 0 bridgehead atoms. The molecule has 0 unspecified atom stereocenters. The molecule has 2 rings (SSSR count). The van der Waals surface area contributed by atoms with Crippen molar-refractivity contribution >= 4 is 29.3 Å². The van der Waals surface area contributed by atoms with Crippen LogP contribution >= 0.6 is 23.4 Å². The molecule has 0 spiro atoms. The maximum absolute atomic E-state index is 11.9. The van der Waals surface area contributed by atoms with Crippen molar-refractivity contribution in [3.05, 3.63) is 59.1 Å². The second-order valence-electron chi connectivity index (χ2n) is 6.01. The van der Waals surface area contributed by atoms with E-state index in [1.807, 2.05) is 50.2 Å². The fourth-order valence-electron chi connectivity index (χ4n) is 2.30. The smallest absolute Gasteiger partial charge is 0.230 e. The topological polar surface area (TPSA) is 38.3 Å². The van der Waals surface area contributed by atoms with Gasteiger partial charge in [-0.2, -0.15) is 0 Å². The molecule has 2 aromatic rings. The highest BCUT2D eigenvalue weighted by atomic mass is 35.5. The zero-order chi connectivity index (χ0) is 18.1. The van der Waals surface area contributed by atoms with E-state index in [0.29, 0.717) is 17.3 Å². The molecule has 1 amide bonds.